The summed E-state index contributed by atoms with van der Waals surface area (Å²) in [5, 5.41) is 20.3. The Morgan fingerprint density at radius 1 is 1.00 bits per heavy atom. The Hall–Kier alpha value is -1.80. The molecule has 2 aliphatic heterocycles. The minimum Gasteiger partial charge on any atom is -0.393 e. The summed E-state index contributed by atoms with van der Waals surface area (Å²) < 4.78 is 23.7. The van der Waals surface area contributed by atoms with Gasteiger partial charge in [-0.25, -0.2) is 0 Å². The van der Waals surface area contributed by atoms with Crippen molar-refractivity contribution in [3.63, 3.8) is 0 Å². The van der Waals surface area contributed by atoms with Gasteiger partial charge in [-0.05, 0) is 25.0 Å². The van der Waals surface area contributed by atoms with E-state index in [0.29, 0.717) is 0 Å². The van der Waals surface area contributed by atoms with Crippen LogP contribution in [0, 0.1) is 0 Å². The molecule has 150 valence electrons. The van der Waals surface area contributed by atoms with Crippen LogP contribution in [0.25, 0.3) is 0 Å². The molecule has 0 radical (unpaired) electrons. The zero-order valence-electron chi connectivity index (χ0n) is 16.0. The average molecular weight is 386 g/mol. The van der Waals surface area contributed by atoms with E-state index < -0.39 is 36.5 Å². The number of hydrogen-bond donors (Lipinski definition) is 2. The molecule has 2 aromatic rings. The van der Waals surface area contributed by atoms with Crippen LogP contribution in [-0.2, 0) is 18.9 Å². The van der Waals surface area contributed by atoms with Crippen molar-refractivity contribution in [3.8, 4) is 0 Å². The predicted molar refractivity (Wildman–Crippen MR) is 101 cm³/mol. The van der Waals surface area contributed by atoms with E-state index in [1.807, 2.05) is 60.7 Å². The van der Waals surface area contributed by atoms with Crippen LogP contribution in [0.15, 0.2) is 60.7 Å². The first-order chi connectivity index (χ1) is 13.5. The third-order valence-electron chi connectivity index (χ3n) is 5.27. The van der Waals surface area contributed by atoms with Gasteiger partial charge in [0.1, 0.15) is 18.3 Å². The molecule has 0 aliphatic carbocycles. The van der Waals surface area contributed by atoms with Gasteiger partial charge in [-0.2, -0.15) is 0 Å². The fraction of sp³-hybridized carbons (Fsp3) is 0.455. The van der Waals surface area contributed by atoms with Crippen molar-refractivity contribution >= 4 is 0 Å². The summed E-state index contributed by atoms with van der Waals surface area (Å²) in [5.74, 6) is -0.922. The second kappa shape index (κ2) is 7.55. The van der Waals surface area contributed by atoms with Crippen LogP contribution in [0.5, 0.6) is 0 Å². The van der Waals surface area contributed by atoms with Crippen molar-refractivity contribution in [1.29, 1.82) is 0 Å². The zero-order valence-corrected chi connectivity index (χ0v) is 16.0. The minimum atomic E-state index is -1.30. The smallest absolute Gasteiger partial charge is 0.189 e. The Morgan fingerprint density at radius 2 is 1.57 bits per heavy atom. The van der Waals surface area contributed by atoms with Crippen molar-refractivity contribution in [3.05, 3.63) is 71.8 Å². The molecule has 0 saturated carbocycles. The number of aliphatic hydroxyl groups excluding tert-OH is 2. The van der Waals surface area contributed by atoms with Crippen LogP contribution in [0.4, 0.5) is 0 Å². The molecular formula is C22H26O6. The third kappa shape index (κ3) is 3.48. The lowest BCUT2D eigenvalue weighted by Crippen LogP contribution is -2.50. The lowest BCUT2D eigenvalue weighted by molar-refractivity contribution is -0.255. The highest BCUT2D eigenvalue weighted by molar-refractivity contribution is 5.30. The summed E-state index contributed by atoms with van der Waals surface area (Å²) in [4.78, 5) is 0. The van der Waals surface area contributed by atoms with Crippen molar-refractivity contribution in [2.24, 2.45) is 0 Å². The Balaban J connectivity index is 1.55. The summed E-state index contributed by atoms with van der Waals surface area (Å²) in [7, 11) is 0. The Bertz CT molecular complexity index is 741. The number of fused-ring (bicyclic) bond motifs is 1. The quantitative estimate of drug-likeness (QED) is 0.794. The summed E-state index contributed by atoms with van der Waals surface area (Å²) >= 11 is 0. The van der Waals surface area contributed by atoms with Crippen LogP contribution in [0.2, 0.25) is 0 Å². The molecule has 1 unspecified atom stereocenters. The zero-order chi connectivity index (χ0) is 19.8. The summed E-state index contributed by atoms with van der Waals surface area (Å²) in [6.45, 7) is 3.28. The van der Waals surface area contributed by atoms with Crippen molar-refractivity contribution < 1.29 is 29.2 Å². The van der Waals surface area contributed by atoms with Gasteiger partial charge in [-0.3, -0.25) is 0 Å². The first-order valence-electron chi connectivity index (χ1n) is 9.49. The second-order valence-corrected chi connectivity index (χ2v) is 7.72. The van der Waals surface area contributed by atoms with E-state index in [4.69, 9.17) is 18.9 Å². The van der Waals surface area contributed by atoms with Gasteiger partial charge >= 0.3 is 0 Å². The van der Waals surface area contributed by atoms with E-state index in [-0.39, 0.29) is 12.7 Å². The molecular weight excluding hydrogens is 360 g/mol. The number of ether oxygens (including phenoxy) is 4. The maximum absolute atomic E-state index is 10.4. The fourth-order valence-corrected chi connectivity index (χ4v) is 4.04. The van der Waals surface area contributed by atoms with Gasteiger partial charge in [-0.15, -0.1) is 0 Å². The topological polar surface area (TPSA) is 77.4 Å². The summed E-state index contributed by atoms with van der Waals surface area (Å²) in [6, 6.07) is 19.9. The van der Waals surface area contributed by atoms with Crippen molar-refractivity contribution in [2.75, 3.05) is 13.2 Å². The van der Waals surface area contributed by atoms with Crippen LogP contribution in [0.1, 0.15) is 31.1 Å². The molecule has 0 aromatic heterocycles. The predicted octanol–water partition coefficient (Wildman–Crippen LogP) is 2.39. The van der Waals surface area contributed by atoms with Crippen molar-refractivity contribution in [1.82, 2.24) is 0 Å². The normalized spacial score (nSPS) is 31.2. The van der Waals surface area contributed by atoms with Gasteiger partial charge in [0.2, 0.25) is 0 Å². The van der Waals surface area contributed by atoms with Gasteiger partial charge in [0.05, 0.1) is 13.2 Å². The molecule has 0 amide bonds. The van der Waals surface area contributed by atoms with Crippen LogP contribution < -0.4 is 0 Å². The lowest BCUT2D eigenvalue weighted by atomic mass is 9.96. The molecule has 2 N–H and O–H groups in total. The standard InChI is InChI=1S/C22H26O6/c1-21(2)27-19-17(26-20(24)22(19,14-23)28-21)13-25-18(15-9-5-3-6-10-15)16-11-7-4-8-12-16/h3-12,17-20,23-24H,13-14H2,1-2H3/t17-,19+,20?,22+/m1/s1. The van der Waals surface area contributed by atoms with E-state index in [2.05, 4.69) is 0 Å². The van der Waals surface area contributed by atoms with E-state index in [9.17, 15) is 10.2 Å². The number of benzene rings is 2. The summed E-state index contributed by atoms with van der Waals surface area (Å²) in [5.41, 5.74) is 0.737. The largest absolute Gasteiger partial charge is 0.393 e. The van der Waals surface area contributed by atoms with E-state index in [1.54, 1.807) is 13.8 Å². The van der Waals surface area contributed by atoms with E-state index >= 15 is 0 Å². The van der Waals surface area contributed by atoms with Gasteiger partial charge in [0.15, 0.2) is 17.7 Å². The fourth-order valence-electron chi connectivity index (χ4n) is 4.04. The maximum atomic E-state index is 10.4. The van der Waals surface area contributed by atoms with E-state index in [0.717, 1.165) is 11.1 Å². The number of hydrogen-bond acceptors (Lipinski definition) is 6. The van der Waals surface area contributed by atoms with Gasteiger partial charge < -0.3 is 29.2 Å². The van der Waals surface area contributed by atoms with Crippen molar-refractivity contribution in [2.45, 2.75) is 49.8 Å². The monoisotopic (exact) mass is 386 g/mol. The van der Waals surface area contributed by atoms with Gasteiger partial charge in [-0.1, -0.05) is 60.7 Å². The molecule has 4 atom stereocenters. The third-order valence-corrected chi connectivity index (χ3v) is 5.27. The first-order valence-corrected chi connectivity index (χ1v) is 9.49. The SMILES string of the molecule is CC1(C)O[C@H]2[C@@H](COC(c3ccccc3)c3ccccc3)OC(O)[C@@]2(CO)O1. The highest BCUT2D eigenvalue weighted by Gasteiger charge is 2.65. The average Bonchev–Trinajstić information content (AvgIpc) is 3.13. The molecule has 2 aliphatic rings. The second-order valence-electron chi connectivity index (χ2n) is 7.72. The summed E-state index contributed by atoms with van der Waals surface area (Å²) in [6.07, 6.45) is -2.78. The molecule has 0 spiro atoms. The molecule has 2 heterocycles. The highest BCUT2D eigenvalue weighted by Crippen LogP contribution is 2.46. The highest BCUT2D eigenvalue weighted by atomic mass is 16.8. The molecule has 6 heteroatoms. The van der Waals surface area contributed by atoms with Crippen LogP contribution in [0.3, 0.4) is 0 Å². The molecule has 2 fully saturated rings. The van der Waals surface area contributed by atoms with Crippen LogP contribution in [-0.4, -0.2) is 53.3 Å². The number of aliphatic hydroxyl groups is 2. The first kappa shape index (κ1) is 19.5. The minimum absolute atomic E-state index is 0.178. The molecule has 28 heavy (non-hydrogen) atoms. The molecule has 2 saturated heterocycles. The van der Waals surface area contributed by atoms with Gasteiger partial charge in [0.25, 0.3) is 0 Å². The van der Waals surface area contributed by atoms with Gasteiger partial charge in [0, 0.05) is 0 Å². The molecule has 0 bridgehead atoms. The lowest BCUT2D eigenvalue weighted by Gasteiger charge is -2.27. The Labute approximate surface area is 164 Å². The Morgan fingerprint density at radius 3 is 2.11 bits per heavy atom. The van der Waals surface area contributed by atoms with Crippen LogP contribution >= 0.6 is 0 Å². The Kier molecular flexibility index (Phi) is 5.26. The maximum Gasteiger partial charge on any atom is 0.189 e. The van der Waals surface area contributed by atoms with E-state index in [1.165, 1.54) is 0 Å². The molecule has 4 rings (SSSR count). The molecule has 2 aromatic carbocycles. The number of rotatable bonds is 6. The molecule has 6 nitrogen and oxygen atoms in total.